The third-order valence-corrected chi connectivity index (χ3v) is 5.55. The molecule has 8 heteroatoms. The predicted molar refractivity (Wildman–Crippen MR) is 126 cm³/mol. The number of amides is 1. The molecule has 0 aliphatic heterocycles. The van der Waals surface area contributed by atoms with Gasteiger partial charge in [-0.15, -0.1) is 0 Å². The van der Waals surface area contributed by atoms with Crippen molar-refractivity contribution in [3.8, 4) is 11.1 Å². The minimum Gasteiger partial charge on any atom is -0.373 e. The van der Waals surface area contributed by atoms with E-state index in [9.17, 15) is 13.6 Å². The van der Waals surface area contributed by atoms with E-state index in [1.807, 2.05) is 31.2 Å². The highest BCUT2D eigenvalue weighted by molar-refractivity contribution is 6.03. The van der Waals surface area contributed by atoms with E-state index in [1.54, 1.807) is 25.5 Å². The second kappa shape index (κ2) is 9.28. The monoisotopic (exact) mass is 447 g/mol. The highest BCUT2D eigenvalue weighted by Crippen LogP contribution is 2.29. The van der Waals surface area contributed by atoms with Crippen molar-refractivity contribution in [1.29, 1.82) is 0 Å². The van der Waals surface area contributed by atoms with Gasteiger partial charge in [-0.1, -0.05) is 13.0 Å². The highest BCUT2D eigenvalue weighted by Gasteiger charge is 2.19. The van der Waals surface area contributed by atoms with E-state index in [0.29, 0.717) is 11.3 Å². The molecule has 0 bridgehead atoms. The zero-order valence-electron chi connectivity index (χ0n) is 18.4. The Morgan fingerprint density at radius 3 is 2.58 bits per heavy atom. The number of benzene rings is 1. The Hall–Kier alpha value is -3.94. The topological polar surface area (TPSA) is 79.8 Å². The molecule has 0 aliphatic carbocycles. The van der Waals surface area contributed by atoms with Gasteiger partial charge in [0, 0.05) is 54.3 Å². The van der Waals surface area contributed by atoms with Crippen molar-refractivity contribution in [3.63, 3.8) is 0 Å². The maximum absolute atomic E-state index is 13.0. The third-order valence-electron chi connectivity index (χ3n) is 5.55. The molecule has 33 heavy (non-hydrogen) atoms. The lowest BCUT2D eigenvalue weighted by Gasteiger charge is -2.13. The fraction of sp³-hybridized carbons (Fsp3) is 0.200. The van der Waals surface area contributed by atoms with Gasteiger partial charge in [-0.3, -0.25) is 14.8 Å². The Balaban J connectivity index is 1.61. The molecule has 0 spiro atoms. The summed E-state index contributed by atoms with van der Waals surface area (Å²) in [5.74, 6) is -0.706. The number of nitrogens with zero attached hydrogens (tertiary/aromatic N) is 3. The van der Waals surface area contributed by atoms with Gasteiger partial charge in [-0.25, -0.2) is 13.8 Å². The van der Waals surface area contributed by atoms with Crippen LogP contribution in [0.1, 0.15) is 34.5 Å². The van der Waals surface area contributed by atoms with Crippen LogP contribution < -0.4 is 10.6 Å². The van der Waals surface area contributed by atoms with Crippen molar-refractivity contribution in [1.82, 2.24) is 15.0 Å². The number of aryl methyl sites for hydroxylation is 1. The Kier molecular flexibility index (Phi) is 6.26. The van der Waals surface area contributed by atoms with Crippen LogP contribution in [-0.4, -0.2) is 34.3 Å². The van der Waals surface area contributed by atoms with Gasteiger partial charge in [0.1, 0.15) is 11.5 Å². The van der Waals surface area contributed by atoms with Crippen LogP contribution >= 0.6 is 0 Å². The Bertz CT molecular complexity index is 1330. The number of nitrogens with one attached hydrogen (secondary N) is 2. The van der Waals surface area contributed by atoms with E-state index in [0.717, 1.165) is 33.4 Å². The minimum atomic E-state index is -2.52. The molecule has 0 aliphatic rings. The first kappa shape index (κ1) is 22.3. The standard InChI is InChI=1S/C25H23F2N5O/c1-14-4-5-19(32-25(33)22-9-16(6-7-29-22)15(2)24(26)27)10-20(14)17-8-18-13-31-23(28-3)11-21(18)30-12-17/h4-13,15,24H,1-3H3,(H,28,31)(H,32,33). The van der Waals surface area contributed by atoms with Gasteiger partial charge in [0.15, 0.2) is 0 Å². The summed E-state index contributed by atoms with van der Waals surface area (Å²) in [5, 5.41) is 6.71. The number of rotatable bonds is 6. The summed E-state index contributed by atoms with van der Waals surface area (Å²) in [4.78, 5) is 25.7. The molecule has 1 atom stereocenters. The van der Waals surface area contributed by atoms with Crippen molar-refractivity contribution in [3.05, 3.63) is 77.9 Å². The lowest BCUT2D eigenvalue weighted by Crippen LogP contribution is -2.15. The number of fused-ring (bicyclic) bond motifs is 1. The number of alkyl halides is 2. The number of hydrogen-bond acceptors (Lipinski definition) is 5. The van der Waals surface area contributed by atoms with E-state index in [4.69, 9.17) is 0 Å². The zero-order valence-corrected chi connectivity index (χ0v) is 18.4. The largest absolute Gasteiger partial charge is 0.373 e. The smallest absolute Gasteiger partial charge is 0.274 e. The minimum absolute atomic E-state index is 0.0842. The third kappa shape index (κ3) is 4.79. The van der Waals surface area contributed by atoms with Crippen molar-refractivity contribution >= 4 is 28.3 Å². The first-order chi connectivity index (χ1) is 15.9. The van der Waals surface area contributed by atoms with Gasteiger partial charge in [-0.05, 0) is 53.9 Å². The van der Waals surface area contributed by atoms with Crippen LogP contribution in [0.3, 0.4) is 0 Å². The fourth-order valence-corrected chi connectivity index (χ4v) is 3.51. The molecule has 4 rings (SSSR count). The second-order valence-corrected chi connectivity index (χ2v) is 7.82. The molecule has 168 valence electrons. The summed E-state index contributed by atoms with van der Waals surface area (Å²) in [6.07, 6.45) is 2.40. The maximum atomic E-state index is 13.0. The Morgan fingerprint density at radius 1 is 1.00 bits per heavy atom. The van der Waals surface area contributed by atoms with Gasteiger partial charge < -0.3 is 10.6 Å². The van der Waals surface area contributed by atoms with Crippen LogP contribution in [0.25, 0.3) is 22.0 Å². The summed E-state index contributed by atoms with van der Waals surface area (Å²) in [6.45, 7) is 3.39. The molecule has 0 saturated carbocycles. The van der Waals surface area contributed by atoms with Gasteiger partial charge in [0.2, 0.25) is 6.43 Å². The lowest BCUT2D eigenvalue weighted by molar-refractivity contribution is 0.102. The van der Waals surface area contributed by atoms with Gasteiger partial charge in [0.05, 0.1) is 5.52 Å². The number of anilines is 2. The quantitative estimate of drug-likeness (QED) is 0.399. The van der Waals surface area contributed by atoms with Crippen molar-refractivity contribution in [2.75, 3.05) is 17.7 Å². The van der Waals surface area contributed by atoms with Crippen LogP contribution in [0, 0.1) is 6.92 Å². The molecule has 0 fully saturated rings. The van der Waals surface area contributed by atoms with Gasteiger partial charge in [-0.2, -0.15) is 0 Å². The maximum Gasteiger partial charge on any atom is 0.274 e. The number of pyridine rings is 3. The molecule has 3 heterocycles. The van der Waals surface area contributed by atoms with E-state index in [-0.39, 0.29) is 5.69 Å². The van der Waals surface area contributed by atoms with Crippen LogP contribution in [0.5, 0.6) is 0 Å². The molecule has 4 aromatic rings. The fourth-order valence-electron chi connectivity index (χ4n) is 3.51. The second-order valence-electron chi connectivity index (χ2n) is 7.82. The van der Waals surface area contributed by atoms with Crippen LogP contribution in [0.4, 0.5) is 20.3 Å². The number of halogens is 2. The molecule has 2 N–H and O–H groups in total. The van der Waals surface area contributed by atoms with Crippen molar-refractivity contribution in [2.24, 2.45) is 0 Å². The molecule has 1 aromatic carbocycles. The van der Waals surface area contributed by atoms with Crippen molar-refractivity contribution in [2.45, 2.75) is 26.2 Å². The van der Waals surface area contributed by atoms with E-state index in [2.05, 4.69) is 25.6 Å². The molecule has 1 amide bonds. The summed E-state index contributed by atoms with van der Waals surface area (Å²) < 4.78 is 26.1. The van der Waals surface area contributed by atoms with E-state index in [1.165, 1.54) is 25.3 Å². The molecule has 0 saturated heterocycles. The molecule has 1 unspecified atom stereocenters. The summed E-state index contributed by atoms with van der Waals surface area (Å²) >= 11 is 0. The average Bonchev–Trinajstić information content (AvgIpc) is 2.84. The van der Waals surface area contributed by atoms with Gasteiger partial charge >= 0.3 is 0 Å². The van der Waals surface area contributed by atoms with E-state index >= 15 is 0 Å². The summed E-state index contributed by atoms with van der Waals surface area (Å²) in [5.41, 5.74) is 4.66. The number of carbonyl (C=O) groups is 1. The summed E-state index contributed by atoms with van der Waals surface area (Å²) in [7, 11) is 1.80. The normalized spacial score (nSPS) is 12.1. The zero-order chi connectivity index (χ0) is 23.5. The van der Waals surface area contributed by atoms with E-state index < -0.39 is 18.3 Å². The lowest BCUT2D eigenvalue weighted by atomic mass is 10.00. The van der Waals surface area contributed by atoms with Gasteiger partial charge in [0.25, 0.3) is 5.91 Å². The Morgan fingerprint density at radius 2 is 1.82 bits per heavy atom. The van der Waals surface area contributed by atoms with Crippen LogP contribution in [0.2, 0.25) is 0 Å². The van der Waals surface area contributed by atoms with Crippen LogP contribution in [-0.2, 0) is 0 Å². The summed E-state index contributed by atoms with van der Waals surface area (Å²) in [6, 6.07) is 12.3. The molecular weight excluding hydrogens is 424 g/mol. The Labute approximate surface area is 190 Å². The number of hydrogen-bond donors (Lipinski definition) is 2. The van der Waals surface area contributed by atoms with Crippen molar-refractivity contribution < 1.29 is 13.6 Å². The first-order valence-electron chi connectivity index (χ1n) is 10.5. The number of carbonyl (C=O) groups excluding carboxylic acids is 1. The highest BCUT2D eigenvalue weighted by atomic mass is 19.3. The molecule has 0 radical (unpaired) electrons. The number of aromatic nitrogens is 3. The SMILES string of the molecule is CNc1cc2ncc(-c3cc(NC(=O)c4cc(C(C)C(F)F)ccn4)ccc3C)cc2cn1. The molecule has 6 nitrogen and oxygen atoms in total. The van der Waals surface area contributed by atoms with Crippen LogP contribution in [0.15, 0.2) is 61.1 Å². The molecular formula is C25H23F2N5O. The average molecular weight is 447 g/mol. The first-order valence-corrected chi connectivity index (χ1v) is 10.5. The molecule has 3 aromatic heterocycles. The predicted octanol–water partition coefficient (Wildman–Crippen LogP) is 5.66.